The van der Waals surface area contributed by atoms with Crippen LogP contribution in [0.1, 0.15) is 12.5 Å². The van der Waals surface area contributed by atoms with Crippen molar-refractivity contribution in [3.63, 3.8) is 0 Å². The largest absolute Gasteiger partial charge is 0.497 e. The summed E-state index contributed by atoms with van der Waals surface area (Å²) in [5.41, 5.74) is 0.614. The summed E-state index contributed by atoms with van der Waals surface area (Å²) in [4.78, 5) is 0.104. The van der Waals surface area contributed by atoms with Crippen molar-refractivity contribution >= 4 is 10.0 Å². The standard InChI is InChI=1S/C8H11NO3S.C3H6/c1-6-3-4-7(12-2)5-8(6)13(9,10)11;1-3-2/h3-5H,1-2H3,(H2,9,10,11);3H,1H2,2H3. The maximum absolute atomic E-state index is 11.0. The zero-order valence-electron chi connectivity index (χ0n) is 9.73. The normalized spacial score (nSPS) is 10.0. The predicted molar refractivity (Wildman–Crippen MR) is 65.0 cm³/mol. The molecule has 0 aliphatic rings. The van der Waals surface area contributed by atoms with E-state index in [1.54, 1.807) is 25.1 Å². The summed E-state index contributed by atoms with van der Waals surface area (Å²) < 4.78 is 27.0. The van der Waals surface area contributed by atoms with Crippen LogP contribution >= 0.6 is 0 Å². The number of benzene rings is 1. The van der Waals surface area contributed by atoms with Gasteiger partial charge in [-0.3, -0.25) is 0 Å². The Balaban J connectivity index is 0.000000673. The number of allylic oxidation sites excluding steroid dienone is 1. The topological polar surface area (TPSA) is 69.4 Å². The van der Waals surface area contributed by atoms with Gasteiger partial charge in [0.2, 0.25) is 10.0 Å². The van der Waals surface area contributed by atoms with E-state index in [-0.39, 0.29) is 4.90 Å². The molecule has 1 aromatic carbocycles. The number of ether oxygens (including phenoxy) is 1. The summed E-state index contributed by atoms with van der Waals surface area (Å²) in [7, 11) is -2.18. The minimum absolute atomic E-state index is 0.104. The first kappa shape index (κ1) is 14.7. The molecular formula is C11H17NO3S. The second-order valence-electron chi connectivity index (χ2n) is 3.08. The average Bonchev–Trinajstić information content (AvgIpc) is 2.18. The molecule has 0 aliphatic heterocycles. The third-order valence-electron chi connectivity index (χ3n) is 1.70. The van der Waals surface area contributed by atoms with Crippen LogP contribution in [-0.2, 0) is 10.0 Å². The number of hydrogen-bond donors (Lipinski definition) is 1. The van der Waals surface area contributed by atoms with Crippen LogP contribution in [0.3, 0.4) is 0 Å². The van der Waals surface area contributed by atoms with Crippen molar-refractivity contribution in [3.8, 4) is 5.75 Å². The van der Waals surface area contributed by atoms with Gasteiger partial charge in [-0.1, -0.05) is 12.1 Å². The van der Waals surface area contributed by atoms with E-state index in [1.165, 1.54) is 13.2 Å². The highest BCUT2D eigenvalue weighted by atomic mass is 32.2. The molecule has 0 atom stereocenters. The molecule has 5 heteroatoms. The predicted octanol–water partition coefficient (Wildman–Crippen LogP) is 1.84. The van der Waals surface area contributed by atoms with Gasteiger partial charge in [0.25, 0.3) is 0 Å². The molecule has 16 heavy (non-hydrogen) atoms. The third-order valence-corrected chi connectivity index (χ3v) is 2.75. The van der Waals surface area contributed by atoms with Gasteiger partial charge < -0.3 is 4.74 Å². The van der Waals surface area contributed by atoms with E-state index in [9.17, 15) is 8.42 Å². The van der Waals surface area contributed by atoms with Gasteiger partial charge in [0, 0.05) is 6.07 Å². The maximum atomic E-state index is 11.0. The fourth-order valence-corrected chi connectivity index (χ4v) is 1.81. The quantitative estimate of drug-likeness (QED) is 0.806. The van der Waals surface area contributed by atoms with Crippen LogP contribution in [0.5, 0.6) is 5.75 Å². The Morgan fingerprint density at radius 2 is 1.94 bits per heavy atom. The highest BCUT2D eigenvalue weighted by Crippen LogP contribution is 2.19. The van der Waals surface area contributed by atoms with Crippen molar-refractivity contribution in [2.24, 2.45) is 5.14 Å². The first-order chi connectivity index (χ1) is 7.36. The molecule has 0 radical (unpaired) electrons. The molecule has 1 aromatic rings. The van der Waals surface area contributed by atoms with Crippen molar-refractivity contribution in [2.75, 3.05) is 7.11 Å². The molecule has 4 nitrogen and oxygen atoms in total. The van der Waals surface area contributed by atoms with Crippen LogP contribution in [0.2, 0.25) is 0 Å². The summed E-state index contributed by atoms with van der Waals surface area (Å²) in [5.74, 6) is 0.481. The summed E-state index contributed by atoms with van der Waals surface area (Å²) >= 11 is 0. The number of primary sulfonamides is 1. The minimum Gasteiger partial charge on any atom is -0.497 e. The molecule has 0 spiro atoms. The Morgan fingerprint density at radius 1 is 1.44 bits per heavy atom. The van der Waals surface area contributed by atoms with E-state index in [0.29, 0.717) is 11.3 Å². The maximum Gasteiger partial charge on any atom is 0.238 e. The highest BCUT2D eigenvalue weighted by molar-refractivity contribution is 7.89. The summed E-state index contributed by atoms with van der Waals surface area (Å²) in [6.45, 7) is 6.93. The summed E-state index contributed by atoms with van der Waals surface area (Å²) in [6, 6.07) is 4.74. The van der Waals surface area contributed by atoms with Gasteiger partial charge in [-0.25, -0.2) is 13.6 Å². The zero-order valence-corrected chi connectivity index (χ0v) is 10.5. The molecule has 0 bridgehead atoms. The molecule has 90 valence electrons. The fourth-order valence-electron chi connectivity index (χ4n) is 1.01. The molecule has 0 saturated carbocycles. The highest BCUT2D eigenvalue weighted by Gasteiger charge is 2.11. The first-order valence-corrected chi connectivity index (χ1v) is 6.16. The number of nitrogens with two attached hydrogens (primary N) is 1. The third kappa shape index (κ3) is 4.46. The zero-order chi connectivity index (χ0) is 12.8. The summed E-state index contributed by atoms with van der Waals surface area (Å²) in [6.07, 6.45) is 1.75. The van der Waals surface area contributed by atoms with Crippen molar-refractivity contribution < 1.29 is 13.2 Å². The van der Waals surface area contributed by atoms with Gasteiger partial charge in [0.05, 0.1) is 12.0 Å². The number of hydrogen-bond acceptors (Lipinski definition) is 3. The Bertz CT molecular complexity index is 452. The lowest BCUT2D eigenvalue weighted by Crippen LogP contribution is -2.13. The van der Waals surface area contributed by atoms with E-state index in [1.807, 2.05) is 6.92 Å². The second kappa shape index (κ2) is 6.30. The molecule has 0 amide bonds. The Kier molecular flexibility index (Phi) is 5.77. The van der Waals surface area contributed by atoms with Gasteiger partial charge >= 0.3 is 0 Å². The van der Waals surface area contributed by atoms with Crippen molar-refractivity contribution in [2.45, 2.75) is 18.7 Å². The lowest BCUT2D eigenvalue weighted by atomic mass is 10.2. The molecule has 0 aliphatic carbocycles. The Labute approximate surface area is 96.8 Å². The van der Waals surface area contributed by atoms with Crippen molar-refractivity contribution in [3.05, 3.63) is 36.4 Å². The van der Waals surface area contributed by atoms with Gasteiger partial charge in [0.1, 0.15) is 5.75 Å². The monoisotopic (exact) mass is 243 g/mol. The molecule has 0 unspecified atom stereocenters. The molecule has 0 fully saturated rings. The number of rotatable bonds is 2. The molecule has 0 heterocycles. The van der Waals surface area contributed by atoms with Gasteiger partial charge in [0.15, 0.2) is 0 Å². The fraction of sp³-hybridized carbons (Fsp3) is 0.273. The van der Waals surface area contributed by atoms with Crippen LogP contribution in [0.15, 0.2) is 35.7 Å². The van der Waals surface area contributed by atoms with Crippen LogP contribution in [0, 0.1) is 6.92 Å². The minimum atomic E-state index is -3.65. The smallest absolute Gasteiger partial charge is 0.238 e. The number of sulfonamides is 1. The van der Waals surface area contributed by atoms with E-state index >= 15 is 0 Å². The van der Waals surface area contributed by atoms with Crippen LogP contribution in [0.4, 0.5) is 0 Å². The van der Waals surface area contributed by atoms with Crippen LogP contribution in [0.25, 0.3) is 0 Å². The van der Waals surface area contributed by atoms with E-state index in [0.717, 1.165) is 0 Å². The molecule has 0 saturated heterocycles. The first-order valence-electron chi connectivity index (χ1n) is 4.61. The van der Waals surface area contributed by atoms with E-state index in [4.69, 9.17) is 9.88 Å². The van der Waals surface area contributed by atoms with E-state index in [2.05, 4.69) is 6.58 Å². The summed E-state index contributed by atoms with van der Waals surface area (Å²) in [5, 5.41) is 5.00. The van der Waals surface area contributed by atoms with Crippen molar-refractivity contribution in [1.82, 2.24) is 0 Å². The Morgan fingerprint density at radius 3 is 2.31 bits per heavy atom. The Hall–Kier alpha value is -1.33. The lowest BCUT2D eigenvalue weighted by Gasteiger charge is -2.05. The second-order valence-corrected chi connectivity index (χ2v) is 4.61. The lowest BCUT2D eigenvalue weighted by molar-refractivity contribution is 0.413. The number of aryl methyl sites for hydroxylation is 1. The van der Waals surface area contributed by atoms with Gasteiger partial charge in [-0.15, -0.1) is 6.58 Å². The van der Waals surface area contributed by atoms with Gasteiger partial charge in [-0.2, -0.15) is 0 Å². The average molecular weight is 243 g/mol. The van der Waals surface area contributed by atoms with Crippen LogP contribution < -0.4 is 9.88 Å². The molecular weight excluding hydrogens is 226 g/mol. The van der Waals surface area contributed by atoms with E-state index < -0.39 is 10.0 Å². The SMILES string of the molecule is C=CC.COc1ccc(C)c(S(N)(=O)=O)c1. The van der Waals surface area contributed by atoms with Gasteiger partial charge in [-0.05, 0) is 25.5 Å². The molecule has 0 aromatic heterocycles. The van der Waals surface area contributed by atoms with Crippen molar-refractivity contribution in [1.29, 1.82) is 0 Å². The van der Waals surface area contributed by atoms with Crippen LogP contribution in [-0.4, -0.2) is 15.5 Å². The molecule has 2 N–H and O–H groups in total. The molecule has 1 rings (SSSR count). The number of methoxy groups -OCH3 is 1.